The van der Waals surface area contributed by atoms with Gasteiger partial charge >= 0.3 is 35.3 Å². The third-order valence-corrected chi connectivity index (χ3v) is 7.01. The van der Waals surface area contributed by atoms with Crippen LogP contribution in [0.1, 0.15) is 38.7 Å². The first-order valence-corrected chi connectivity index (χ1v) is 14.0. The number of methoxy groups -OCH3 is 2. The Morgan fingerprint density at radius 2 is 1.56 bits per heavy atom. The maximum absolute atomic E-state index is 13.6. The molecule has 1 aromatic carbocycles. The van der Waals surface area contributed by atoms with Gasteiger partial charge in [0, 0.05) is 30.9 Å². The van der Waals surface area contributed by atoms with Gasteiger partial charge < -0.3 is 19.5 Å². The third kappa shape index (κ3) is 8.77. The van der Waals surface area contributed by atoms with Gasteiger partial charge in [-0.15, -0.1) is 0 Å². The minimum atomic E-state index is -6.07. The topological polar surface area (TPSA) is 107 Å². The van der Waals surface area contributed by atoms with E-state index in [-0.39, 0.29) is 37.0 Å². The zero-order chi connectivity index (χ0) is 36.9. The highest BCUT2D eigenvalue weighted by Crippen LogP contribution is 2.38. The van der Waals surface area contributed by atoms with Crippen LogP contribution in [-0.2, 0) is 19.1 Å². The Bertz CT molecular complexity index is 1460. The van der Waals surface area contributed by atoms with E-state index < -0.39 is 41.1 Å². The summed E-state index contributed by atoms with van der Waals surface area (Å²) in [6, 6.07) is 5.22. The number of hydrazone groups is 1. The van der Waals surface area contributed by atoms with Crippen molar-refractivity contribution in [2.45, 2.75) is 63.0 Å². The molecule has 2 amide bonds. The lowest BCUT2D eigenvalue weighted by Gasteiger charge is -2.36. The van der Waals surface area contributed by atoms with Crippen molar-refractivity contribution in [3.8, 4) is 11.5 Å². The zero-order valence-electron chi connectivity index (χ0n) is 25.4. The second kappa shape index (κ2) is 15.1. The van der Waals surface area contributed by atoms with Crippen molar-refractivity contribution < 1.29 is 72.5 Å². The van der Waals surface area contributed by atoms with E-state index >= 15 is 0 Å². The molecule has 1 aliphatic carbocycles. The molecule has 1 aliphatic heterocycles. The minimum Gasteiger partial charge on any atom is -0.493 e. The van der Waals surface area contributed by atoms with E-state index in [0.29, 0.717) is 29.2 Å². The highest BCUT2D eigenvalue weighted by molar-refractivity contribution is 6.65. The van der Waals surface area contributed by atoms with Crippen LogP contribution < -0.4 is 14.8 Å². The van der Waals surface area contributed by atoms with Crippen molar-refractivity contribution in [3.63, 3.8) is 0 Å². The first-order chi connectivity index (χ1) is 22.0. The summed E-state index contributed by atoms with van der Waals surface area (Å²) < 4.78 is 137. The first kappa shape index (κ1) is 40.3. The zero-order valence-corrected chi connectivity index (χ0v) is 26.1. The monoisotopic (exact) mass is 727 g/mol. The van der Waals surface area contributed by atoms with Gasteiger partial charge in [0.15, 0.2) is 17.2 Å². The lowest BCUT2D eigenvalue weighted by atomic mass is 9.89. The van der Waals surface area contributed by atoms with Gasteiger partial charge in [-0.2, -0.15) is 49.0 Å². The van der Waals surface area contributed by atoms with E-state index in [4.69, 9.17) is 14.2 Å². The number of amides is 2. The number of benzene rings is 1. The largest absolute Gasteiger partial charge is 0.493 e. The van der Waals surface area contributed by atoms with Gasteiger partial charge in [0.05, 0.1) is 25.6 Å². The number of halogens is 11. The fraction of sp³-hybridized carbons (Fsp3) is 0.500. The third-order valence-electron chi connectivity index (χ3n) is 6.78. The average molecular weight is 728 g/mol. The number of nitrogens with zero attached hydrogens (tertiary/aromatic N) is 2. The Kier molecular flexibility index (Phi) is 12.7. The van der Waals surface area contributed by atoms with Crippen molar-refractivity contribution in [1.29, 1.82) is 0 Å². The molecule has 2 atom stereocenters. The molecule has 0 spiro atoms. The van der Waals surface area contributed by atoms with Crippen LogP contribution >= 0.6 is 11.6 Å². The molecule has 2 unspecified atom stereocenters. The molecule has 268 valence electrons. The summed E-state index contributed by atoms with van der Waals surface area (Å²) in [4.78, 5) is 34.2. The van der Waals surface area contributed by atoms with Crippen molar-refractivity contribution >= 4 is 34.4 Å². The Hall–Kier alpha value is -3.87. The van der Waals surface area contributed by atoms with Gasteiger partial charge in [0.2, 0.25) is 5.91 Å². The number of rotatable bonds is 10. The molecule has 0 fully saturated rings. The number of hydrogen-bond acceptors (Lipinski definition) is 7. The van der Waals surface area contributed by atoms with E-state index in [1.165, 1.54) is 33.3 Å². The van der Waals surface area contributed by atoms with Gasteiger partial charge in [0.1, 0.15) is 0 Å². The fourth-order valence-corrected chi connectivity index (χ4v) is 4.35. The molecule has 1 heterocycles. The predicted octanol–water partition coefficient (Wildman–Crippen LogP) is 6.51. The molecule has 0 bridgehead atoms. The van der Waals surface area contributed by atoms with E-state index in [9.17, 15) is 58.3 Å². The first-order valence-electron chi connectivity index (χ1n) is 13.6. The van der Waals surface area contributed by atoms with E-state index in [0.717, 1.165) is 11.1 Å². The molecular weight excluding hydrogens is 700 g/mol. The molecule has 0 saturated carbocycles. The smallest absolute Gasteiger partial charge is 0.463 e. The van der Waals surface area contributed by atoms with Crippen molar-refractivity contribution in [2.24, 2.45) is 11.0 Å². The maximum Gasteiger partial charge on any atom is 0.463 e. The second-order valence-corrected chi connectivity index (χ2v) is 10.3. The summed E-state index contributed by atoms with van der Waals surface area (Å²) in [5, 5.41) is 4.63. The molecule has 1 aromatic rings. The summed E-state index contributed by atoms with van der Waals surface area (Å²) in [6.45, 7) is 3.30. The van der Waals surface area contributed by atoms with Crippen molar-refractivity contribution in [3.05, 3.63) is 47.7 Å². The summed E-state index contributed by atoms with van der Waals surface area (Å²) in [5.74, 6) is -13.2. The number of nitrogens with one attached hydrogen (secondary N) is 1. The number of hydrogen-bond donors (Lipinski definition) is 1. The molecule has 9 nitrogen and oxygen atoms in total. The van der Waals surface area contributed by atoms with Crippen LogP contribution in [0, 0.1) is 5.92 Å². The van der Waals surface area contributed by atoms with Crippen LogP contribution in [0.15, 0.2) is 47.2 Å². The van der Waals surface area contributed by atoms with Gasteiger partial charge in [-0.1, -0.05) is 13.0 Å². The van der Waals surface area contributed by atoms with Crippen LogP contribution in [0.5, 0.6) is 11.5 Å². The number of ether oxygens (including phenoxy) is 3. The van der Waals surface area contributed by atoms with Gasteiger partial charge in [-0.05, 0) is 55.3 Å². The van der Waals surface area contributed by atoms with Gasteiger partial charge in [0.25, 0.3) is 0 Å². The molecule has 1 N–H and O–H groups in total. The molecule has 0 aromatic heterocycles. The normalized spacial score (nSPS) is 20.3. The standard InChI is InChI=1S/C25H28F5N3O5.C3ClF5O/c1-5-15-14-20(34)33(32-21(15)16-7-8-18(36-3)19(13-16)37-4)17-9-11-23(12-10-17,38-6-2)31-22(35)24(26,27)25(28,29)30;4-1(10)2(5,6)3(7,8)9/h7-11,13,15H,5-6,12,14H2,1-4H3,(H,31,35);. The SMILES string of the molecule is CCOC1(NC(=O)C(F)(F)C(F)(F)F)C=CC(N2N=C(c3ccc(OC)c(OC)c3)C(CC)CC2=O)=CC1.O=C(Cl)C(F)(F)C(F)(F)F. The number of allylic oxidation sites excluding steroid dienone is 1. The second-order valence-electron chi connectivity index (χ2n) is 9.93. The van der Waals surface area contributed by atoms with Crippen LogP contribution in [0.25, 0.3) is 0 Å². The number of carbonyl (C=O) groups is 3. The fourth-order valence-electron chi connectivity index (χ4n) is 4.24. The molecule has 0 saturated heterocycles. The van der Waals surface area contributed by atoms with E-state index in [1.54, 1.807) is 23.5 Å². The Morgan fingerprint density at radius 3 is 1.98 bits per heavy atom. The molecule has 20 heteroatoms. The van der Waals surface area contributed by atoms with Gasteiger partial charge in [-0.3, -0.25) is 14.4 Å². The highest BCUT2D eigenvalue weighted by atomic mass is 35.5. The van der Waals surface area contributed by atoms with Crippen LogP contribution in [0.3, 0.4) is 0 Å². The molecular formula is C28H28ClF10N3O6. The number of alkyl halides is 10. The van der Waals surface area contributed by atoms with Crippen LogP contribution in [0.4, 0.5) is 43.9 Å². The summed E-state index contributed by atoms with van der Waals surface area (Å²) in [7, 11) is 2.99. The molecule has 3 rings (SSSR count). The lowest BCUT2D eigenvalue weighted by molar-refractivity contribution is -0.271. The quantitative estimate of drug-likeness (QED) is 0.168. The lowest BCUT2D eigenvalue weighted by Crippen LogP contribution is -2.58. The highest BCUT2D eigenvalue weighted by Gasteiger charge is 2.64. The molecule has 2 aliphatic rings. The van der Waals surface area contributed by atoms with E-state index in [1.807, 2.05) is 6.92 Å². The Balaban J connectivity index is 0.000000692. The Labute approximate surface area is 271 Å². The molecule has 0 radical (unpaired) electrons. The maximum atomic E-state index is 13.6. The number of carbonyl (C=O) groups excluding carboxylic acids is 3. The van der Waals surface area contributed by atoms with Crippen molar-refractivity contribution in [1.82, 2.24) is 10.3 Å². The van der Waals surface area contributed by atoms with Crippen molar-refractivity contribution in [2.75, 3.05) is 20.8 Å². The van der Waals surface area contributed by atoms with Crippen LogP contribution in [-0.4, -0.2) is 78.5 Å². The van der Waals surface area contributed by atoms with Crippen LogP contribution in [0.2, 0.25) is 0 Å². The van der Waals surface area contributed by atoms with Gasteiger partial charge in [-0.25, -0.2) is 5.01 Å². The Morgan fingerprint density at radius 1 is 0.979 bits per heavy atom. The summed E-state index contributed by atoms with van der Waals surface area (Å²) in [5.41, 5.74) is -0.431. The predicted molar refractivity (Wildman–Crippen MR) is 149 cm³/mol. The molecule has 48 heavy (non-hydrogen) atoms. The average Bonchev–Trinajstić information content (AvgIpc) is 3.00. The summed E-state index contributed by atoms with van der Waals surface area (Å²) in [6.07, 6.45) is -7.77. The summed E-state index contributed by atoms with van der Waals surface area (Å²) >= 11 is 3.95. The minimum absolute atomic E-state index is 0.103. The van der Waals surface area contributed by atoms with E-state index in [2.05, 4.69) is 16.7 Å².